The highest BCUT2D eigenvalue weighted by Crippen LogP contribution is 2.33. The average molecular weight is 466 g/mol. The van der Waals surface area contributed by atoms with Crippen LogP contribution in [0.1, 0.15) is 15.9 Å². The van der Waals surface area contributed by atoms with E-state index >= 15 is 0 Å². The Balaban J connectivity index is 0.00000320. The molecule has 1 aromatic heterocycles. The number of rotatable bonds is 5. The largest absolute Gasteiger partial charge is 0.416 e. The third kappa shape index (κ3) is 5.24. The molecule has 4 nitrogen and oxygen atoms in total. The van der Waals surface area contributed by atoms with Gasteiger partial charge in [0.25, 0.3) is 5.91 Å². The zero-order chi connectivity index (χ0) is 21.3. The van der Waals surface area contributed by atoms with Crippen LogP contribution >= 0.6 is 23.7 Å². The Bertz CT molecular complexity index is 1050. The predicted octanol–water partition coefficient (Wildman–Crippen LogP) is 5.22. The highest BCUT2D eigenvalue weighted by atomic mass is 35.5. The van der Waals surface area contributed by atoms with Gasteiger partial charge in [0.05, 0.1) is 10.3 Å². The average Bonchev–Trinajstić information content (AvgIpc) is 3.05. The van der Waals surface area contributed by atoms with Crippen molar-refractivity contribution in [3.8, 4) is 0 Å². The Morgan fingerprint density at radius 3 is 2.43 bits per heavy atom. The van der Waals surface area contributed by atoms with E-state index in [0.29, 0.717) is 12.6 Å². The van der Waals surface area contributed by atoms with Crippen molar-refractivity contribution in [3.63, 3.8) is 0 Å². The molecule has 0 radical (unpaired) electrons. The summed E-state index contributed by atoms with van der Waals surface area (Å²) in [4.78, 5) is 20.1. The van der Waals surface area contributed by atoms with E-state index in [1.165, 1.54) is 11.0 Å². The first-order valence-electron chi connectivity index (χ1n) is 8.45. The number of carbonyl (C=O) groups excluding carboxylic acids is 1. The molecular weight excluding hydrogens is 449 g/mol. The number of hydrogen-bond donors (Lipinski definition) is 0. The van der Waals surface area contributed by atoms with Gasteiger partial charge in [-0.15, -0.1) is 12.4 Å². The summed E-state index contributed by atoms with van der Waals surface area (Å²) in [7, 11) is 3.53. The van der Waals surface area contributed by atoms with E-state index in [9.17, 15) is 26.7 Å². The van der Waals surface area contributed by atoms with Crippen LogP contribution in [0.3, 0.4) is 0 Å². The van der Waals surface area contributed by atoms with Crippen LogP contribution in [-0.2, 0) is 6.18 Å². The van der Waals surface area contributed by atoms with Gasteiger partial charge >= 0.3 is 6.18 Å². The molecule has 2 aromatic carbocycles. The number of likely N-dealkylation sites (N-methyl/N-ethyl adjacent to an activating group) is 1. The van der Waals surface area contributed by atoms with Gasteiger partial charge in [-0.1, -0.05) is 17.4 Å². The number of alkyl halides is 3. The maximum atomic E-state index is 14.0. The fourth-order valence-corrected chi connectivity index (χ4v) is 3.66. The second-order valence-electron chi connectivity index (χ2n) is 6.57. The van der Waals surface area contributed by atoms with Crippen LogP contribution in [0.25, 0.3) is 10.2 Å². The van der Waals surface area contributed by atoms with Crippen molar-refractivity contribution in [2.45, 2.75) is 6.18 Å². The molecule has 11 heteroatoms. The minimum atomic E-state index is -4.60. The van der Waals surface area contributed by atoms with Gasteiger partial charge in [0.1, 0.15) is 11.3 Å². The van der Waals surface area contributed by atoms with E-state index in [4.69, 9.17) is 0 Å². The molecule has 1 amide bonds. The van der Waals surface area contributed by atoms with Gasteiger partial charge in [-0.05, 0) is 38.4 Å². The molecule has 0 fully saturated rings. The summed E-state index contributed by atoms with van der Waals surface area (Å²) < 4.78 is 66.7. The van der Waals surface area contributed by atoms with Crippen LogP contribution in [0.5, 0.6) is 0 Å². The number of aromatic nitrogens is 1. The molecule has 0 aliphatic rings. The van der Waals surface area contributed by atoms with Gasteiger partial charge in [0.2, 0.25) is 0 Å². The van der Waals surface area contributed by atoms with Gasteiger partial charge in [0, 0.05) is 24.7 Å². The standard InChI is InChI=1S/C19H16F5N3OS.ClH/c1-26(2)6-7-27(17(28)11-4-3-5-12(8-11)19(22,23)24)18-25-16-14(21)9-13(20)10-15(16)29-18;/h3-5,8-10H,6-7H2,1-2H3;1H. The lowest BCUT2D eigenvalue weighted by atomic mass is 10.1. The van der Waals surface area contributed by atoms with E-state index in [2.05, 4.69) is 4.98 Å². The van der Waals surface area contributed by atoms with Crippen molar-refractivity contribution in [2.75, 3.05) is 32.1 Å². The molecule has 162 valence electrons. The third-order valence-electron chi connectivity index (χ3n) is 4.09. The van der Waals surface area contributed by atoms with Crippen LogP contribution in [0.4, 0.5) is 27.1 Å². The Kier molecular flexibility index (Phi) is 7.38. The van der Waals surface area contributed by atoms with Crippen molar-refractivity contribution in [1.29, 1.82) is 0 Å². The van der Waals surface area contributed by atoms with Crippen molar-refractivity contribution in [1.82, 2.24) is 9.88 Å². The number of anilines is 1. The molecule has 0 aliphatic carbocycles. The molecule has 0 saturated carbocycles. The molecule has 3 aromatic rings. The van der Waals surface area contributed by atoms with Crippen LogP contribution < -0.4 is 4.90 Å². The number of halogens is 6. The smallest absolute Gasteiger partial charge is 0.308 e. The first-order chi connectivity index (χ1) is 13.6. The van der Waals surface area contributed by atoms with Crippen molar-refractivity contribution in [2.24, 2.45) is 0 Å². The minimum absolute atomic E-state index is 0. The van der Waals surface area contributed by atoms with Crippen LogP contribution in [0, 0.1) is 11.6 Å². The van der Waals surface area contributed by atoms with Gasteiger partial charge in [-0.3, -0.25) is 9.69 Å². The van der Waals surface area contributed by atoms with Crippen LogP contribution in [0.15, 0.2) is 36.4 Å². The van der Waals surface area contributed by atoms with E-state index in [1.807, 2.05) is 0 Å². The van der Waals surface area contributed by atoms with Crippen LogP contribution in [-0.4, -0.2) is 43.0 Å². The molecule has 0 unspecified atom stereocenters. The van der Waals surface area contributed by atoms with Gasteiger partial charge in [-0.2, -0.15) is 13.2 Å². The van der Waals surface area contributed by atoms with Crippen molar-refractivity contribution in [3.05, 3.63) is 59.2 Å². The number of benzene rings is 2. The Labute approximate surface area is 179 Å². The van der Waals surface area contributed by atoms with Gasteiger partial charge < -0.3 is 4.90 Å². The van der Waals surface area contributed by atoms with E-state index in [1.54, 1.807) is 19.0 Å². The lowest BCUT2D eigenvalue weighted by Gasteiger charge is -2.22. The monoisotopic (exact) mass is 465 g/mol. The molecular formula is C19H17ClF5N3OS. The zero-order valence-electron chi connectivity index (χ0n) is 15.8. The summed E-state index contributed by atoms with van der Waals surface area (Å²) >= 11 is 0.891. The fraction of sp³-hybridized carbons (Fsp3) is 0.263. The summed E-state index contributed by atoms with van der Waals surface area (Å²) in [6.45, 7) is 0.490. The molecule has 0 N–H and O–H groups in total. The summed E-state index contributed by atoms with van der Waals surface area (Å²) in [6, 6.07) is 5.83. The number of carbonyl (C=O) groups is 1. The lowest BCUT2D eigenvalue weighted by Crippen LogP contribution is -2.36. The van der Waals surface area contributed by atoms with Crippen LogP contribution in [0.2, 0.25) is 0 Å². The lowest BCUT2D eigenvalue weighted by molar-refractivity contribution is -0.137. The molecule has 0 saturated heterocycles. The topological polar surface area (TPSA) is 36.4 Å². The van der Waals surface area contributed by atoms with Gasteiger partial charge in [0.15, 0.2) is 10.9 Å². The Morgan fingerprint density at radius 2 is 1.80 bits per heavy atom. The number of hydrogen-bond acceptors (Lipinski definition) is 4. The SMILES string of the molecule is CN(C)CCN(C(=O)c1cccc(C(F)(F)F)c1)c1nc2c(F)cc(F)cc2s1.Cl. The Morgan fingerprint density at radius 1 is 1.10 bits per heavy atom. The molecule has 3 rings (SSSR count). The quantitative estimate of drug-likeness (QED) is 0.484. The summed E-state index contributed by atoms with van der Waals surface area (Å²) in [5, 5.41) is 0.0776. The highest BCUT2D eigenvalue weighted by Gasteiger charge is 2.32. The molecule has 0 aliphatic heterocycles. The molecule has 1 heterocycles. The molecule has 30 heavy (non-hydrogen) atoms. The molecule has 0 bridgehead atoms. The molecule has 0 atom stereocenters. The fourth-order valence-electron chi connectivity index (χ4n) is 2.63. The second kappa shape index (κ2) is 9.23. The number of amides is 1. The maximum Gasteiger partial charge on any atom is 0.416 e. The highest BCUT2D eigenvalue weighted by molar-refractivity contribution is 7.22. The van der Waals surface area contributed by atoms with Crippen molar-refractivity contribution >= 4 is 45.0 Å². The number of fused-ring (bicyclic) bond motifs is 1. The van der Waals surface area contributed by atoms with Crippen molar-refractivity contribution < 1.29 is 26.7 Å². The first-order valence-corrected chi connectivity index (χ1v) is 9.27. The number of nitrogens with zero attached hydrogens (tertiary/aromatic N) is 3. The summed E-state index contributed by atoms with van der Waals surface area (Å²) in [6.07, 6.45) is -4.60. The van der Waals surface area contributed by atoms with E-state index in [0.717, 1.165) is 35.6 Å². The van der Waals surface area contributed by atoms with E-state index < -0.39 is 29.3 Å². The minimum Gasteiger partial charge on any atom is -0.308 e. The van der Waals surface area contributed by atoms with Gasteiger partial charge in [-0.25, -0.2) is 13.8 Å². The maximum absolute atomic E-state index is 14.0. The second-order valence-corrected chi connectivity index (χ2v) is 7.58. The Hall–Kier alpha value is -2.30. The third-order valence-corrected chi connectivity index (χ3v) is 5.11. The normalized spacial score (nSPS) is 11.6. The zero-order valence-corrected chi connectivity index (χ0v) is 17.5. The first kappa shape index (κ1) is 24.0. The predicted molar refractivity (Wildman–Crippen MR) is 108 cm³/mol. The van der Waals surface area contributed by atoms with E-state index in [-0.39, 0.29) is 39.9 Å². The number of thiazole rings is 1. The summed E-state index contributed by atoms with van der Waals surface area (Å²) in [5.41, 5.74) is -1.23. The molecule has 0 spiro atoms. The summed E-state index contributed by atoms with van der Waals surface area (Å²) in [5.74, 6) is -2.37.